The van der Waals surface area contributed by atoms with Gasteiger partial charge in [0.15, 0.2) is 0 Å². The van der Waals surface area contributed by atoms with Crippen LogP contribution >= 0.6 is 0 Å². The molecule has 0 bridgehead atoms. The predicted octanol–water partition coefficient (Wildman–Crippen LogP) is 3.44. The molecule has 0 heterocycles. The Morgan fingerprint density at radius 3 is 2.21 bits per heavy atom. The molecule has 0 saturated heterocycles. The average Bonchev–Trinajstić information content (AvgIpc) is 2.01. The average molecular weight is 193 g/mol. The van der Waals surface area contributed by atoms with Crippen LogP contribution in [0.3, 0.4) is 0 Å². The van der Waals surface area contributed by atoms with Gasteiger partial charge >= 0.3 is 0 Å². The van der Waals surface area contributed by atoms with E-state index >= 15 is 0 Å². The molecule has 0 saturated carbocycles. The molecule has 2 atom stereocenters. The van der Waals surface area contributed by atoms with Crippen molar-refractivity contribution in [2.24, 2.45) is 11.7 Å². The van der Waals surface area contributed by atoms with Crippen molar-refractivity contribution in [3.8, 4) is 0 Å². The Bertz CT molecular complexity index is 240. The molecule has 0 aliphatic rings. The zero-order valence-corrected chi connectivity index (χ0v) is 9.77. The molecule has 2 N–H and O–H groups in total. The van der Waals surface area contributed by atoms with Gasteiger partial charge in [0.05, 0.1) is 5.54 Å². The minimum Gasteiger partial charge on any atom is -0.319 e. The maximum atomic E-state index is 6.17. The second kappa shape index (κ2) is 5.16. The normalized spacial score (nSPS) is 16.9. The van der Waals surface area contributed by atoms with Crippen LogP contribution in [0.4, 0.5) is 0 Å². The molecule has 0 spiro atoms. The fraction of sp³-hybridized carbons (Fsp3) is 0.538. The molecule has 0 fully saturated rings. The third-order valence-electron chi connectivity index (χ3n) is 2.54. The zero-order chi connectivity index (χ0) is 11.4. The second-order valence-corrected chi connectivity index (χ2v) is 4.50. The Balaban J connectivity index is 4.39. The standard InChI is InChI=1S/C13H23N/c1-7-13(14,11(4)5)9-12(6)8-10(2)3/h7,12H,1-2,4,8-9,14H2,3,5-6H3. The lowest BCUT2D eigenvalue weighted by molar-refractivity contribution is 0.429. The molecular weight excluding hydrogens is 170 g/mol. The summed E-state index contributed by atoms with van der Waals surface area (Å²) < 4.78 is 0. The van der Waals surface area contributed by atoms with Gasteiger partial charge < -0.3 is 5.73 Å². The van der Waals surface area contributed by atoms with E-state index in [1.54, 1.807) is 6.08 Å². The molecule has 0 aromatic rings. The third kappa shape index (κ3) is 3.93. The zero-order valence-electron chi connectivity index (χ0n) is 9.77. The predicted molar refractivity (Wildman–Crippen MR) is 65.1 cm³/mol. The molecule has 0 amide bonds. The number of hydrogen-bond donors (Lipinski definition) is 1. The third-order valence-corrected chi connectivity index (χ3v) is 2.54. The van der Waals surface area contributed by atoms with Crippen LogP contribution in [-0.4, -0.2) is 5.54 Å². The van der Waals surface area contributed by atoms with Gasteiger partial charge in [0.1, 0.15) is 0 Å². The van der Waals surface area contributed by atoms with Gasteiger partial charge in [-0.1, -0.05) is 30.7 Å². The van der Waals surface area contributed by atoms with Gasteiger partial charge in [-0.05, 0) is 32.6 Å². The van der Waals surface area contributed by atoms with Gasteiger partial charge in [-0.2, -0.15) is 0 Å². The SMILES string of the molecule is C=CC(N)(CC(C)CC(=C)C)C(=C)C. The van der Waals surface area contributed by atoms with E-state index in [2.05, 4.69) is 26.7 Å². The van der Waals surface area contributed by atoms with Crippen molar-refractivity contribution in [3.05, 3.63) is 37.0 Å². The van der Waals surface area contributed by atoms with Crippen LogP contribution in [0.5, 0.6) is 0 Å². The van der Waals surface area contributed by atoms with Gasteiger partial charge in [-0.25, -0.2) is 0 Å². The molecule has 2 unspecified atom stereocenters. The van der Waals surface area contributed by atoms with Crippen molar-refractivity contribution in [2.75, 3.05) is 0 Å². The van der Waals surface area contributed by atoms with Crippen molar-refractivity contribution in [1.29, 1.82) is 0 Å². The van der Waals surface area contributed by atoms with Crippen LogP contribution in [0.25, 0.3) is 0 Å². The summed E-state index contributed by atoms with van der Waals surface area (Å²) in [5, 5.41) is 0. The van der Waals surface area contributed by atoms with Crippen molar-refractivity contribution < 1.29 is 0 Å². The minimum atomic E-state index is -0.422. The Labute approximate surface area is 88.4 Å². The van der Waals surface area contributed by atoms with Gasteiger partial charge in [0.25, 0.3) is 0 Å². The Morgan fingerprint density at radius 2 is 1.93 bits per heavy atom. The first-order valence-electron chi connectivity index (χ1n) is 5.04. The topological polar surface area (TPSA) is 26.0 Å². The van der Waals surface area contributed by atoms with Crippen molar-refractivity contribution in [2.45, 2.75) is 39.2 Å². The summed E-state index contributed by atoms with van der Waals surface area (Å²) in [5.74, 6) is 0.521. The lowest BCUT2D eigenvalue weighted by Gasteiger charge is -2.29. The first-order valence-corrected chi connectivity index (χ1v) is 5.04. The summed E-state index contributed by atoms with van der Waals surface area (Å²) in [6.45, 7) is 17.8. The maximum Gasteiger partial charge on any atom is 0.0549 e. The fourth-order valence-corrected chi connectivity index (χ4v) is 1.68. The summed E-state index contributed by atoms with van der Waals surface area (Å²) in [5.41, 5.74) is 7.92. The Kier molecular flexibility index (Phi) is 4.86. The quantitative estimate of drug-likeness (QED) is 0.642. The van der Waals surface area contributed by atoms with Crippen LogP contribution in [0.2, 0.25) is 0 Å². The van der Waals surface area contributed by atoms with Gasteiger partial charge in [0.2, 0.25) is 0 Å². The van der Waals surface area contributed by atoms with Gasteiger partial charge in [0, 0.05) is 0 Å². The summed E-state index contributed by atoms with van der Waals surface area (Å²) >= 11 is 0. The Morgan fingerprint density at radius 1 is 1.43 bits per heavy atom. The molecule has 0 aromatic heterocycles. The van der Waals surface area contributed by atoms with Crippen molar-refractivity contribution in [3.63, 3.8) is 0 Å². The molecule has 0 aliphatic carbocycles. The molecular formula is C13H23N. The molecule has 0 rings (SSSR count). The highest BCUT2D eigenvalue weighted by Gasteiger charge is 2.24. The van der Waals surface area contributed by atoms with Gasteiger partial charge in [-0.3, -0.25) is 0 Å². The van der Waals surface area contributed by atoms with E-state index in [4.69, 9.17) is 5.73 Å². The lowest BCUT2D eigenvalue weighted by Crippen LogP contribution is -2.40. The van der Waals surface area contributed by atoms with E-state index in [1.807, 2.05) is 13.8 Å². The molecule has 14 heavy (non-hydrogen) atoms. The highest BCUT2D eigenvalue weighted by molar-refractivity contribution is 5.22. The van der Waals surface area contributed by atoms with Crippen LogP contribution < -0.4 is 5.73 Å². The molecule has 0 aliphatic heterocycles. The smallest absolute Gasteiger partial charge is 0.0549 e. The van der Waals surface area contributed by atoms with E-state index in [9.17, 15) is 0 Å². The highest BCUT2D eigenvalue weighted by Crippen LogP contribution is 2.25. The highest BCUT2D eigenvalue weighted by atomic mass is 14.7. The first-order chi connectivity index (χ1) is 6.31. The summed E-state index contributed by atoms with van der Waals surface area (Å²) in [6.07, 6.45) is 3.70. The monoisotopic (exact) mass is 193 g/mol. The number of hydrogen-bond acceptors (Lipinski definition) is 1. The maximum absolute atomic E-state index is 6.17. The lowest BCUT2D eigenvalue weighted by atomic mass is 9.82. The number of rotatable bonds is 6. The molecule has 1 heteroatoms. The number of nitrogens with two attached hydrogens (primary N) is 1. The molecule has 0 radical (unpaired) electrons. The van der Waals surface area contributed by atoms with E-state index in [0.717, 1.165) is 18.4 Å². The summed E-state index contributed by atoms with van der Waals surface area (Å²) in [4.78, 5) is 0. The van der Waals surface area contributed by atoms with E-state index < -0.39 is 5.54 Å². The molecule has 1 nitrogen and oxygen atoms in total. The largest absolute Gasteiger partial charge is 0.319 e. The Hall–Kier alpha value is -0.820. The van der Waals surface area contributed by atoms with Crippen molar-refractivity contribution in [1.82, 2.24) is 0 Å². The van der Waals surface area contributed by atoms with E-state index in [-0.39, 0.29) is 0 Å². The van der Waals surface area contributed by atoms with Crippen LogP contribution in [0, 0.1) is 5.92 Å². The van der Waals surface area contributed by atoms with Crippen LogP contribution in [0.1, 0.15) is 33.6 Å². The van der Waals surface area contributed by atoms with E-state index in [1.165, 1.54) is 5.57 Å². The second-order valence-electron chi connectivity index (χ2n) is 4.50. The first kappa shape index (κ1) is 13.2. The van der Waals surface area contributed by atoms with E-state index in [0.29, 0.717) is 5.92 Å². The molecule has 80 valence electrons. The minimum absolute atomic E-state index is 0.422. The van der Waals surface area contributed by atoms with Crippen LogP contribution in [-0.2, 0) is 0 Å². The van der Waals surface area contributed by atoms with Crippen molar-refractivity contribution >= 4 is 0 Å². The summed E-state index contributed by atoms with van der Waals surface area (Å²) in [7, 11) is 0. The summed E-state index contributed by atoms with van der Waals surface area (Å²) in [6, 6.07) is 0. The van der Waals surface area contributed by atoms with Crippen LogP contribution in [0.15, 0.2) is 37.0 Å². The fourth-order valence-electron chi connectivity index (χ4n) is 1.68. The number of allylic oxidation sites excluding steroid dienone is 1. The molecule has 0 aromatic carbocycles. The van der Waals surface area contributed by atoms with Gasteiger partial charge in [-0.15, -0.1) is 13.2 Å².